The summed E-state index contributed by atoms with van der Waals surface area (Å²) in [7, 11) is -9.05. The van der Waals surface area contributed by atoms with E-state index in [1.54, 1.807) is 6.07 Å². The molecule has 0 atom stereocenters. The molecule has 2 aromatic carbocycles. The molecule has 1 heterocycles. The molecule has 0 spiro atoms. The Balaban J connectivity index is 1.95. The highest BCUT2D eigenvalue weighted by Crippen LogP contribution is 2.29. The fourth-order valence-corrected chi connectivity index (χ4v) is 4.24. The third-order valence-corrected chi connectivity index (χ3v) is 5.99. The summed E-state index contributed by atoms with van der Waals surface area (Å²) in [6.07, 6.45) is -0.0969. The van der Waals surface area contributed by atoms with Gasteiger partial charge in [-0.25, -0.2) is 4.98 Å². The molecular weight excluding hydrogens is 507 g/mol. The second kappa shape index (κ2) is 9.40. The van der Waals surface area contributed by atoms with Gasteiger partial charge in [0.25, 0.3) is 20.2 Å². The second-order valence-electron chi connectivity index (χ2n) is 6.06. The lowest BCUT2D eigenvalue weighted by Crippen LogP contribution is -2.08. The van der Waals surface area contributed by atoms with Crippen LogP contribution in [-0.4, -0.2) is 40.9 Å². The number of aromatic nitrogens is 3. The standard InChI is InChI=1S/C16H12Cl2N6O6S2/c17-15-20-14(7-9-3-1-2-4-12(9)31(25,26)27)21-16(22-15)19-10-5-6-13(32(28,29)30)11(8-10)23-24-18/h1-6,8H,7H2,(H,25,26,27)(H,28,29,30)(H,19,20,21,22). The van der Waals surface area contributed by atoms with Crippen molar-refractivity contribution in [2.45, 2.75) is 16.2 Å². The maximum atomic E-state index is 11.6. The van der Waals surface area contributed by atoms with Gasteiger partial charge in [0.1, 0.15) is 16.4 Å². The summed E-state index contributed by atoms with van der Waals surface area (Å²) >= 11 is 11.1. The Morgan fingerprint density at radius 1 is 0.938 bits per heavy atom. The van der Waals surface area contributed by atoms with Gasteiger partial charge in [0, 0.05) is 12.1 Å². The first-order valence-electron chi connectivity index (χ1n) is 8.34. The second-order valence-corrected chi connectivity index (χ2v) is 9.33. The quantitative estimate of drug-likeness (QED) is 0.308. The lowest BCUT2D eigenvalue weighted by Gasteiger charge is -2.10. The highest BCUT2D eigenvalue weighted by Gasteiger charge is 2.18. The normalized spacial score (nSPS) is 12.2. The molecule has 0 unspecified atom stereocenters. The molecule has 0 amide bonds. The van der Waals surface area contributed by atoms with Crippen LogP contribution in [0.3, 0.4) is 0 Å². The van der Waals surface area contributed by atoms with Gasteiger partial charge in [-0.3, -0.25) is 9.11 Å². The average Bonchev–Trinajstić information content (AvgIpc) is 2.66. The van der Waals surface area contributed by atoms with Crippen LogP contribution in [0, 0.1) is 0 Å². The molecule has 0 saturated carbocycles. The first-order chi connectivity index (χ1) is 15.0. The Morgan fingerprint density at radius 3 is 2.28 bits per heavy atom. The van der Waals surface area contributed by atoms with Gasteiger partial charge < -0.3 is 5.32 Å². The van der Waals surface area contributed by atoms with Crippen molar-refractivity contribution in [3.05, 3.63) is 59.1 Å². The molecule has 3 aromatic rings. The molecule has 3 rings (SSSR count). The Kier molecular flexibility index (Phi) is 7.02. The molecule has 0 bridgehead atoms. The lowest BCUT2D eigenvalue weighted by molar-refractivity contribution is 0.480. The number of hydrogen-bond acceptors (Lipinski definition) is 10. The number of halogens is 2. The summed E-state index contributed by atoms with van der Waals surface area (Å²) in [4.78, 5) is 11.2. The van der Waals surface area contributed by atoms with Crippen LogP contribution in [0.25, 0.3) is 0 Å². The average molecular weight is 519 g/mol. The summed E-state index contributed by atoms with van der Waals surface area (Å²) in [6, 6.07) is 9.30. The first kappa shape index (κ1) is 23.9. The Bertz CT molecular complexity index is 1420. The van der Waals surface area contributed by atoms with E-state index >= 15 is 0 Å². The largest absolute Gasteiger partial charge is 0.324 e. The van der Waals surface area contributed by atoms with E-state index in [-0.39, 0.29) is 45.3 Å². The molecule has 0 fully saturated rings. The lowest BCUT2D eigenvalue weighted by atomic mass is 10.1. The van der Waals surface area contributed by atoms with Crippen molar-refractivity contribution in [3.63, 3.8) is 0 Å². The van der Waals surface area contributed by atoms with Crippen LogP contribution in [0.1, 0.15) is 11.4 Å². The van der Waals surface area contributed by atoms with Crippen molar-refractivity contribution in [1.82, 2.24) is 15.0 Å². The van der Waals surface area contributed by atoms with Crippen LogP contribution in [-0.2, 0) is 26.7 Å². The fraction of sp³-hybridized carbons (Fsp3) is 0.0625. The van der Waals surface area contributed by atoms with Gasteiger partial charge in [0.15, 0.2) is 0 Å². The molecule has 0 radical (unpaired) electrons. The molecule has 32 heavy (non-hydrogen) atoms. The van der Waals surface area contributed by atoms with Crippen LogP contribution < -0.4 is 5.32 Å². The van der Waals surface area contributed by atoms with Gasteiger partial charge in [-0.15, -0.1) is 5.11 Å². The van der Waals surface area contributed by atoms with E-state index < -0.39 is 25.1 Å². The van der Waals surface area contributed by atoms with E-state index in [1.165, 1.54) is 30.3 Å². The van der Waals surface area contributed by atoms with E-state index in [9.17, 15) is 25.9 Å². The highest BCUT2D eigenvalue weighted by molar-refractivity contribution is 7.86. The van der Waals surface area contributed by atoms with Crippen LogP contribution in [0.2, 0.25) is 5.28 Å². The van der Waals surface area contributed by atoms with Gasteiger partial charge in [0.05, 0.1) is 16.7 Å². The summed E-state index contributed by atoms with van der Waals surface area (Å²) in [5, 5.41) is 6.00. The summed E-state index contributed by atoms with van der Waals surface area (Å²) in [6.45, 7) is 0. The van der Waals surface area contributed by atoms with Gasteiger partial charge in [-0.2, -0.15) is 26.8 Å². The zero-order valence-corrected chi connectivity index (χ0v) is 18.7. The van der Waals surface area contributed by atoms with E-state index in [4.69, 9.17) is 23.4 Å². The van der Waals surface area contributed by atoms with Crippen molar-refractivity contribution in [1.29, 1.82) is 0 Å². The van der Waals surface area contributed by atoms with Crippen molar-refractivity contribution in [2.75, 3.05) is 5.32 Å². The number of hydrogen-bond donors (Lipinski definition) is 3. The highest BCUT2D eigenvalue weighted by atomic mass is 35.5. The van der Waals surface area contributed by atoms with Gasteiger partial charge in [-0.05, 0) is 41.4 Å². The van der Waals surface area contributed by atoms with Crippen molar-refractivity contribution < 1.29 is 25.9 Å². The fourth-order valence-electron chi connectivity index (χ4n) is 2.66. The molecule has 0 aliphatic heterocycles. The summed E-state index contributed by atoms with van der Waals surface area (Å²) in [5.41, 5.74) is 0.212. The molecule has 0 aliphatic rings. The first-order valence-corrected chi connectivity index (χ1v) is 11.9. The molecule has 0 saturated heterocycles. The minimum absolute atomic E-state index is 0.0577. The SMILES string of the molecule is O=S(=O)(O)c1ccccc1Cc1nc(Cl)nc(Nc2ccc(S(=O)(=O)O)c(N=NCl)c2)n1. The van der Waals surface area contributed by atoms with Gasteiger partial charge >= 0.3 is 0 Å². The van der Waals surface area contributed by atoms with Crippen LogP contribution >= 0.6 is 23.4 Å². The van der Waals surface area contributed by atoms with Gasteiger partial charge in [-0.1, -0.05) is 22.8 Å². The van der Waals surface area contributed by atoms with E-state index in [0.29, 0.717) is 0 Å². The summed E-state index contributed by atoms with van der Waals surface area (Å²) < 4.78 is 67.7. The smallest absolute Gasteiger partial charge is 0.296 e. The van der Waals surface area contributed by atoms with Crippen molar-refractivity contribution in [2.24, 2.45) is 9.75 Å². The topological polar surface area (TPSA) is 184 Å². The zero-order chi connectivity index (χ0) is 23.5. The van der Waals surface area contributed by atoms with Gasteiger partial charge in [0.2, 0.25) is 11.2 Å². The number of nitrogens with zero attached hydrogens (tertiary/aromatic N) is 5. The molecule has 1 aromatic heterocycles. The Labute approximate surface area is 192 Å². The number of rotatable bonds is 7. The summed E-state index contributed by atoms with van der Waals surface area (Å²) in [5.74, 6) is 0.0246. The van der Waals surface area contributed by atoms with Crippen LogP contribution in [0.4, 0.5) is 17.3 Å². The number of benzene rings is 2. The maximum absolute atomic E-state index is 11.6. The molecular formula is C16H12Cl2N6O6S2. The van der Waals surface area contributed by atoms with Crippen molar-refractivity contribution in [3.8, 4) is 0 Å². The maximum Gasteiger partial charge on any atom is 0.296 e. The number of anilines is 2. The van der Waals surface area contributed by atoms with Crippen molar-refractivity contribution >= 4 is 60.9 Å². The Morgan fingerprint density at radius 2 is 1.62 bits per heavy atom. The minimum Gasteiger partial charge on any atom is -0.324 e. The molecule has 168 valence electrons. The molecule has 0 aliphatic carbocycles. The number of nitrogens with one attached hydrogen (secondary N) is 1. The Hall–Kier alpha value is -2.75. The zero-order valence-electron chi connectivity index (χ0n) is 15.6. The molecule has 16 heteroatoms. The minimum atomic E-state index is -4.58. The predicted molar refractivity (Wildman–Crippen MR) is 114 cm³/mol. The van der Waals surface area contributed by atoms with Crippen LogP contribution in [0.15, 0.2) is 62.0 Å². The predicted octanol–water partition coefficient (Wildman–Crippen LogP) is 3.59. The van der Waals surface area contributed by atoms with E-state index in [1.807, 2.05) is 0 Å². The van der Waals surface area contributed by atoms with Crippen LogP contribution in [0.5, 0.6) is 0 Å². The monoisotopic (exact) mass is 518 g/mol. The van der Waals surface area contributed by atoms with E-state index in [2.05, 4.69) is 30.0 Å². The molecule has 3 N–H and O–H groups in total. The third kappa shape index (κ3) is 5.93. The molecule has 12 nitrogen and oxygen atoms in total. The third-order valence-electron chi connectivity index (χ3n) is 3.89. The van der Waals surface area contributed by atoms with E-state index in [0.717, 1.165) is 6.07 Å².